The first-order valence-electron chi connectivity index (χ1n) is 3.62. The minimum absolute atomic E-state index is 0.0960. The molecule has 2 unspecified atom stereocenters. The summed E-state index contributed by atoms with van der Waals surface area (Å²) in [5, 5.41) is 0. The summed E-state index contributed by atoms with van der Waals surface area (Å²) in [6, 6.07) is 0. The zero-order chi connectivity index (χ0) is 11.0. The molecule has 14 heavy (non-hydrogen) atoms. The Kier molecular flexibility index (Phi) is 6.84. The molecule has 3 nitrogen and oxygen atoms in total. The summed E-state index contributed by atoms with van der Waals surface area (Å²) in [5.41, 5.74) is -1.83. The highest BCUT2D eigenvalue weighted by Gasteiger charge is 2.15. The van der Waals surface area contributed by atoms with E-state index in [-0.39, 0.29) is 12.8 Å². The van der Waals surface area contributed by atoms with Crippen LogP contribution in [0.3, 0.4) is 0 Å². The molecule has 0 spiro atoms. The third kappa shape index (κ3) is 6.48. The van der Waals surface area contributed by atoms with Crippen molar-refractivity contribution in [1.29, 1.82) is 0 Å². The molecule has 0 aliphatic heterocycles. The van der Waals surface area contributed by atoms with E-state index >= 15 is 0 Å². The van der Waals surface area contributed by atoms with Crippen LogP contribution in [0, 0.1) is 24.7 Å². The van der Waals surface area contributed by atoms with Crippen molar-refractivity contribution in [2.45, 2.75) is 24.0 Å². The molecular weight excluding hydrogens is 227 g/mol. The summed E-state index contributed by atoms with van der Waals surface area (Å²) in [5.74, 6) is 4.44. The number of terminal acetylenes is 2. The van der Waals surface area contributed by atoms with Crippen LogP contribution >= 0.6 is 23.2 Å². The average molecular weight is 235 g/mol. The summed E-state index contributed by atoms with van der Waals surface area (Å²) in [7, 11) is 0. The molecule has 2 atom stereocenters. The Morgan fingerprint density at radius 1 is 1.14 bits per heavy atom. The van der Waals surface area contributed by atoms with Gasteiger partial charge in [0.25, 0.3) is 0 Å². The maximum absolute atomic E-state index is 10.9. The van der Waals surface area contributed by atoms with Crippen LogP contribution in [-0.2, 0) is 9.47 Å². The third-order valence-corrected chi connectivity index (χ3v) is 1.49. The van der Waals surface area contributed by atoms with Gasteiger partial charge in [0, 0.05) is 0 Å². The van der Waals surface area contributed by atoms with Gasteiger partial charge < -0.3 is 9.47 Å². The molecule has 5 heteroatoms. The smallest absolute Gasteiger partial charge is 0.413 e. The molecule has 0 amide bonds. The lowest BCUT2D eigenvalue weighted by atomic mass is 10.5. The quantitative estimate of drug-likeness (QED) is 0.426. The van der Waals surface area contributed by atoms with E-state index < -0.39 is 17.3 Å². The number of carbonyl (C=O) groups is 1. The zero-order valence-electron chi connectivity index (χ0n) is 7.20. The van der Waals surface area contributed by atoms with Gasteiger partial charge in [-0.2, -0.15) is 0 Å². The van der Waals surface area contributed by atoms with E-state index in [9.17, 15) is 4.79 Å². The van der Waals surface area contributed by atoms with Crippen LogP contribution in [-0.4, -0.2) is 17.3 Å². The lowest BCUT2D eigenvalue weighted by Gasteiger charge is -2.10. The van der Waals surface area contributed by atoms with Crippen molar-refractivity contribution >= 4 is 29.4 Å². The van der Waals surface area contributed by atoms with Gasteiger partial charge in [-0.25, -0.2) is 4.79 Å². The van der Waals surface area contributed by atoms with E-state index in [0.717, 1.165) is 0 Å². The second kappa shape index (κ2) is 7.38. The largest absolute Gasteiger partial charge is 0.511 e. The van der Waals surface area contributed by atoms with Crippen LogP contribution in [0.4, 0.5) is 4.79 Å². The summed E-state index contributed by atoms with van der Waals surface area (Å²) in [4.78, 5) is 10.9. The summed E-state index contributed by atoms with van der Waals surface area (Å²) < 4.78 is 9.03. The van der Waals surface area contributed by atoms with Crippen LogP contribution in [0.15, 0.2) is 0 Å². The Morgan fingerprint density at radius 3 is 1.79 bits per heavy atom. The second-order valence-corrected chi connectivity index (χ2v) is 3.10. The topological polar surface area (TPSA) is 35.5 Å². The van der Waals surface area contributed by atoms with Crippen molar-refractivity contribution in [2.75, 3.05) is 0 Å². The Labute approximate surface area is 92.7 Å². The average Bonchev–Trinajstić information content (AvgIpc) is 2.03. The number of alkyl halides is 2. The first-order chi connectivity index (χ1) is 6.60. The van der Waals surface area contributed by atoms with Gasteiger partial charge in [-0.05, 0) is 0 Å². The van der Waals surface area contributed by atoms with Crippen molar-refractivity contribution in [3.8, 4) is 24.7 Å². The normalized spacial score (nSPS) is 13.1. The Hall–Kier alpha value is -1.03. The van der Waals surface area contributed by atoms with Crippen LogP contribution in [0.5, 0.6) is 0 Å². The van der Waals surface area contributed by atoms with E-state index in [1.54, 1.807) is 0 Å². The van der Waals surface area contributed by atoms with E-state index in [2.05, 4.69) is 21.3 Å². The van der Waals surface area contributed by atoms with Crippen LogP contribution < -0.4 is 0 Å². The van der Waals surface area contributed by atoms with E-state index in [1.165, 1.54) is 0 Å². The highest BCUT2D eigenvalue weighted by molar-refractivity contribution is 6.21. The minimum Gasteiger partial charge on any atom is -0.413 e. The van der Waals surface area contributed by atoms with E-state index in [0.29, 0.717) is 0 Å². The third-order valence-electron chi connectivity index (χ3n) is 1.00. The van der Waals surface area contributed by atoms with Gasteiger partial charge in [0.2, 0.25) is 0 Å². The predicted octanol–water partition coefficient (Wildman–Crippen LogP) is 2.32. The number of hydrogen-bond acceptors (Lipinski definition) is 3. The second-order valence-electron chi connectivity index (χ2n) is 2.12. The van der Waals surface area contributed by atoms with Gasteiger partial charge in [0.1, 0.15) is 0 Å². The molecule has 0 radical (unpaired) electrons. The van der Waals surface area contributed by atoms with Gasteiger partial charge in [0.15, 0.2) is 11.1 Å². The van der Waals surface area contributed by atoms with Crippen LogP contribution in [0.25, 0.3) is 0 Å². The molecule has 0 aromatic heterocycles. The molecule has 0 saturated carbocycles. The first kappa shape index (κ1) is 13.0. The zero-order valence-corrected chi connectivity index (χ0v) is 8.72. The molecule has 0 aromatic rings. The van der Waals surface area contributed by atoms with E-state index in [1.807, 2.05) is 0 Å². The Bertz CT molecular complexity index is 238. The van der Waals surface area contributed by atoms with E-state index in [4.69, 9.17) is 36.0 Å². The molecule has 0 aromatic carbocycles. The molecule has 0 aliphatic rings. The maximum Gasteiger partial charge on any atom is 0.511 e. The fourth-order valence-corrected chi connectivity index (χ4v) is 0.829. The molecule has 76 valence electrons. The minimum atomic E-state index is -0.990. The highest BCUT2D eigenvalue weighted by Crippen LogP contribution is 2.09. The number of halogens is 2. The maximum atomic E-state index is 10.9. The fourth-order valence-electron chi connectivity index (χ4n) is 0.505. The first-order valence-corrected chi connectivity index (χ1v) is 4.49. The fraction of sp³-hybridized carbons (Fsp3) is 0.444. The molecule has 0 bridgehead atoms. The summed E-state index contributed by atoms with van der Waals surface area (Å²) in [6.07, 6.45) is 9.07. The van der Waals surface area contributed by atoms with Gasteiger partial charge in [-0.1, -0.05) is 23.2 Å². The Morgan fingerprint density at radius 2 is 1.50 bits per heavy atom. The van der Waals surface area contributed by atoms with Gasteiger partial charge >= 0.3 is 6.16 Å². The standard InChI is InChI=1S/C9H8Cl2O3/c1-3-5-7(10)13-9(12)14-8(11)6-4-2/h1-2,7-8H,5-6H2. The van der Waals surface area contributed by atoms with Crippen molar-refractivity contribution in [3.05, 3.63) is 0 Å². The SMILES string of the molecule is C#CCC(Cl)OC(=O)OC(Cl)CC#C. The number of ether oxygens (including phenoxy) is 2. The lowest BCUT2D eigenvalue weighted by molar-refractivity contribution is 0.0389. The molecule has 0 rings (SSSR count). The van der Waals surface area contributed by atoms with Crippen molar-refractivity contribution in [2.24, 2.45) is 0 Å². The van der Waals surface area contributed by atoms with Crippen LogP contribution in [0.2, 0.25) is 0 Å². The number of carbonyl (C=O) groups excluding carboxylic acids is 1. The highest BCUT2D eigenvalue weighted by atomic mass is 35.5. The van der Waals surface area contributed by atoms with Crippen molar-refractivity contribution < 1.29 is 14.3 Å². The molecule has 0 heterocycles. The van der Waals surface area contributed by atoms with Crippen molar-refractivity contribution in [1.82, 2.24) is 0 Å². The van der Waals surface area contributed by atoms with Gasteiger partial charge in [0.05, 0.1) is 12.8 Å². The lowest BCUT2D eigenvalue weighted by Crippen LogP contribution is -2.17. The Balaban J connectivity index is 3.77. The molecule has 0 fully saturated rings. The van der Waals surface area contributed by atoms with Crippen LogP contribution in [0.1, 0.15) is 12.8 Å². The van der Waals surface area contributed by atoms with Gasteiger partial charge in [-0.15, -0.1) is 24.7 Å². The number of rotatable bonds is 4. The molecule has 0 N–H and O–H groups in total. The van der Waals surface area contributed by atoms with Gasteiger partial charge in [-0.3, -0.25) is 0 Å². The monoisotopic (exact) mass is 234 g/mol. The summed E-state index contributed by atoms with van der Waals surface area (Å²) >= 11 is 11.0. The van der Waals surface area contributed by atoms with Crippen molar-refractivity contribution in [3.63, 3.8) is 0 Å². The molecule has 0 aliphatic carbocycles. The number of hydrogen-bond donors (Lipinski definition) is 0. The molecular formula is C9H8Cl2O3. The predicted molar refractivity (Wildman–Crippen MR) is 53.7 cm³/mol. The summed E-state index contributed by atoms with van der Waals surface area (Å²) in [6.45, 7) is 0. The molecule has 0 saturated heterocycles.